The summed E-state index contributed by atoms with van der Waals surface area (Å²) in [6, 6.07) is 2.26. The maximum absolute atomic E-state index is 8.64. The summed E-state index contributed by atoms with van der Waals surface area (Å²) in [5.41, 5.74) is 0. The molecule has 2 fully saturated rings. The van der Waals surface area contributed by atoms with E-state index in [1.165, 1.54) is 25.7 Å². The Balaban J connectivity index is 1.65. The fourth-order valence-electron chi connectivity index (χ4n) is 3.16. The number of nitrogens with zero attached hydrogens (tertiary/aromatic N) is 1. The minimum absolute atomic E-state index is 0.161. The van der Waals surface area contributed by atoms with E-state index in [-0.39, 0.29) is 5.92 Å². The zero-order valence-corrected chi connectivity index (χ0v) is 9.00. The minimum atomic E-state index is 0.161. The summed E-state index contributed by atoms with van der Waals surface area (Å²) >= 11 is 0. The topological polar surface area (TPSA) is 35.8 Å². The Kier molecular flexibility index (Phi) is 3.08. The highest BCUT2D eigenvalue weighted by Gasteiger charge is 2.38. The molecule has 4 unspecified atom stereocenters. The summed E-state index contributed by atoms with van der Waals surface area (Å²) in [6.45, 7) is 3.99. The zero-order chi connectivity index (χ0) is 9.97. The standard InChI is InChI=1S/C12H20N2/c1-9(6-13)7-14-8-12-5-10-2-3-11(12)4-10/h9-12,14H,2-5,7-8H2,1H3. The normalized spacial score (nSPS) is 37.0. The molecule has 0 aromatic rings. The first kappa shape index (κ1) is 9.98. The zero-order valence-electron chi connectivity index (χ0n) is 9.00. The van der Waals surface area contributed by atoms with Gasteiger partial charge in [-0.25, -0.2) is 0 Å². The molecule has 0 amide bonds. The van der Waals surface area contributed by atoms with Crippen molar-refractivity contribution in [2.24, 2.45) is 23.7 Å². The van der Waals surface area contributed by atoms with Gasteiger partial charge in [0.15, 0.2) is 0 Å². The van der Waals surface area contributed by atoms with Gasteiger partial charge in [0.05, 0.1) is 12.0 Å². The van der Waals surface area contributed by atoms with Crippen LogP contribution < -0.4 is 5.32 Å². The van der Waals surface area contributed by atoms with Crippen molar-refractivity contribution in [3.8, 4) is 6.07 Å². The van der Waals surface area contributed by atoms with Gasteiger partial charge in [-0.15, -0.1) is 0 Å². The Morgan fingerprint density at radius 1 is 1.43 bits per heavy atom. The number of fused-ring (bicyclic) bond motifs is 2. The molecular weight excluding hydrogens is 172 g/mol. The maximum Gasteiger partial charge on any atom is 0.0666 e. The molecule has 2 nitrogen and oxygen atoms in total. The SMILES string of the molecule is CC(C#N)CNCC1CC2CCC1C2. The molecule has 2 heteroatoms. The monoisotopic (exact) mass is 192 g/mol. The average Bonchev–Trinajstić information content (AvgIpc) is 2.79. The van der Waals surface area contributed by atoms with Crippen molar-refractivity contribution in [1.82, 2.24) is 5.32 Å². The van der Waals surface area contributed by atoms with E-state index in [4.69, 9.17) is 5.26 Å². The molecule has 2 bridgehead atoms. The van der Waals surface area contributed by atoms with Crippen LogP contribution >= 0.6 is 0 Å². The van der Waals surface area contributed by atoms with Gasteiger partial charge in [-0.1, -0.05) is 6.42 Å². The Labute approximate surface area is 86.7 Å². The highest BCUT2D eigenvalue weighted by molar-refractivity contribution is 4.91. The van der Waals surface area contributed by atoms with Crippen LogP contribution in [-0.2, 0) is 0 Å². The highest BCUT2D eigenvalue weighted by Crippen LogP contribution is 2.47. The lowest BCUT2D eigenvalue weighted by atomic mass is 9.89. The second-order valence-electron chi connectivity index (χ2n) is 5.12. The predicted molar refractivity (Wildman–Crippen MR) is 56.6 cm³/mol. The van der Waals surface area contributed by atoms with E-state index in [1.807, 2.05) is 6.92 Å². The van der Waals surface area contributed by atoms with E-state index in [0.717, 1.165) is 30.8 Å². The van der Waals surface area contributed by atoms with Crippen molar-refractivity contribution in [3.05, 3.63) is 0 Å². The third kappa shape index (κ3) is 2.09. The van der Waals surface area contributed by atoms with E-state index >= 15 is 0 Å². The van der Waals surface area contributed by atoms with Crippen LogP contribution in [0.25, 0.3) is 0 Å². The van der Waals surface area contributed by atoms with Crippen LogP contribution in [0.15, 0.2) is 0 Å². The Bertz CT molecular complexity index is 231. The van der Waals surface area contributed by atoms with Crippen LogP contribution in [0.3, 0.4) is 0 Å². The van der Waals surface area contributed by atoms with Crippen LogP contribution in [0.4, 0.5) is 0 Å². The maximum atomic E-state index is 8.64. The summed E-state index contributed by atoms with van der Waals surface area (Å²) in [6.07, 6.45) is 5.87. The summed E-state index contributed by atoms with van der Waals surface area (Å²) in [5, 5.41) is 12.1. The third-order valence-corrected chi connectivity index (χ3v) is 3.96. The van der Waals surface area contributed by atoms with Crippen LogP contribution in [0.2, 0.25) is 0 Å². The molecule has 78 valence electrons. The molecule has 2 aliphatic rings. The van der Waals surface area contributed by atoms with Gasteiger partial charge in [-0.2, -0.15) is 5.26 Å². The van der Waals surface area contributed by atoms with Gasteiger partial charge in [0.2, 0.25) is 0 Å². The molecule has 2 aliphatic carbocycles. The fraction of sp³-hybridized carbons (Fsp3) is 0.917. The molecule has 2 rings (SSSR count). The van der Waals surface area contributed by atoms with E-state index in [1.54, 1.807) is 0 Å². The smallest absolute Gasteiger partial charge is 0.0666 e. The molecule has 14 heavy (non-hydrogen) atoms. The van der Waals surface area contributed by atoms with Crippen molar-refractivity contribution in [1.29, 1.82) is 5.26 Å². The number of nitrogens with one attached hydrogen (secondary N) is 1. The van der Waals surface area contributed by atoms with Crippen LogP contribution in [-0.4, -0.2) is 13.1 Å². The van der Waals surface area contributed by atoms with Gasteiger partial charge >= 0.3 is 0 Å². The fourth-order valence-corrected chi connectivity index (χ4v) is 3.16. The minimum Gasteiger partial charge on any atom is -0.315 e. The molecule has 2 saturated carbocycles. The Hall–Kier alpha value is -0.550. The van der Waals surface area contributed by atoms with Gasteiger partial charge in [-0.05, 0) is 50.5 Å². The summed E-state index contributed by atoms with van der Waals surface area (Å²) in [5.74, 6) is 3.12. The summed E-state index contributed by atoms with van der Waals surface area (Å²) in [7, 11) is 0. The van der Waals surface area contributed by atoms with Gasteiger partial charge < -0.3 is 5.32 Å². The van der Waals surface area contributed by atoms with Crippen molar-refractivity contribution in [3.63, 3.8) is 0 Å². The molecule has 1 N–H and O–H groups in total. The Morgan fingerprint density at radius 3 is 2.86 bits per heavy atom. The Morgan fingerprint density at radius 2 is 2.29 bits per heavy atom. The van der Waals surface area contributed by atoms with Crippen molar-refractivity contribution < 1.29 is 0 Å². The van der Waals surface area contributed by atoms with E-state index in [9.17, 15) is 0 Å². The van der Waals surface area contributed by atoms with Crippen LogP contribution in [0.5, 0.6) is 0 Å². The first-order valence-electron chi connectivity index (χ1n) is 5.90. The molecule has 0 spiro atoms. The van der Waals surface area contributed by atoms with Crippen molar-refractivity contribution in [2.75, 3.05) is 13.1 Å². The molecule has 0 saturated heterocycles. The van der Waals surface area contributed by atoms with Crippen LogP contribution in [0, 0.1) is 35.0 Å². The predicted octanol–water partition coefficient (Wildman–Crippen LogP) is 2.17. The van der Waals surface area contributed by atoms with Gasteiger partial charge in [0.25, 0.3) is 0 Å². The lowest BCUT2D eigenvalue weighted by Crippen LogP contribution is -2.29. The van der Waals surface area contributed by atoms with Gasteiger partial charge in [0, 0.05) is 6.54 Å². The molecule has 0 heterocycles. The second-order valence-corrected chi connectivity index (χ2v) is 5.12. The average molecular weight is 192 g/mol. The van der Waals surface area contributed by atoms with Crippen molar-refractivity contribution in [2.45, 2.75) is 32.6 Å². The highest BCUT2D eigenvalue weighted by atomic mass is 14.9. The van der Waals surface area contributed by atoms with E-state index < -0.39 is 0 Å². The third-order valence-electron chi connectivity index (χ3n) is 3.96. The number of nitriles is 1. The largest absolute Gasteiger partial charge is 0.315 e. The number of hydrogen-bond donors (Lipinski definition) is 1. The van der Waals surface area contributed by atoms with Gasteiger partial charge in [0.1, 0.15) is 0 Å². The number of hydrogen-bond acceptors (Lipinski definition) is 2. The summed E-state index contributed by atoms with van der Waals surface area (Å²) < 4.78 is 0. The lowest BCUT2D eigenvalue weighted by Gasteiger charge is -2.22. The molecular formula is C12H20N2. The lowest BCUT2D eigenvalue weighted by molar-refractivity contribution is 0.316. The first-order valence-corrected chi connectivity index (χ1v) is 5.90. The van der Waals surface area contributed by atoms with Crippen LogP contribution in [0.1, 0.15) is 32.6 Å². The summed E-state index contributed by atoms with van der Waals surface area (Å²) in [4.78, 5) is 0. The van der Waals surface area contributed by atoms with Crippen molar-refractivity contribution >= 4 is 0 Å². The molecule has 0 aliphatic heterocycles. The number of rotatable bonds is 4. The molecule has 4 atom stereocenters. The molecule has 0 radical (unpaired) electrons. The first-order chi connectivity index (χ1) is 6.79. The van der Waals surface area contributed by atoms with E-state index in [2.05, 4.69) is 11.4 Å². The van der Waals surface area contributed by atoms with E-state index in [0.29, 0.717) is 0 Å². The second kappa shape index (κ2) is 4.31. The molecule has 0 aromatic heterocycles. The molecule has 0 aromatic carbocycles. The van der Waals surface area contributed by atoms with Gasteiger partial charge in [-0.3, -0.25) is 0 Å². The quantitative estimate of drug-likeness (QED) is 0.741.